The number of nitrogens with zero attached hydrogens (tertiary/aromatic N) is 3. The SMILES string of the molecule is O=C(CN1CCCN(Cc2ccccc2Cl)S1(=O)=O)N1CCC(Cc2ccccc2)CC1. The summed E-state index contributed by atoms with van der Waals surface area (Å²) >= 11 is 6.23. The number of carbonyl (C=O) groups is 1. The van der Waals surface area contributed by atoms with Gasteiger partial charge in [-0.3, -0.25) is 4.79 Å². The number of likely N-dealkylation sites (tertiary alicyclic amines) is 1. The van der Waals surface area contributed by atoms with Crippen molar-refractivity contribution >= 4 is 27.7 Å². The Kier molecular flexibility index (Phi) is 7.51. The van der Waals surface area contributed by atoms with E-state index in [4.69, 9.17) is 11.6 Å². The maximum Gasteiger partial charge on any atom is 0.282 e. The average molecular weight is 476 g/mol. The number of carbonyl (C=O) groups excluding carboxylic acids is 1. The van der Waals surface area contributed by atoms with Gasteiger partial charge in [-0.05, 0) is 48.8 Å². The van der Waals surface area contributed by atoms with Crippen molar-refractivity contribution in [1.82, 2.24) is 13.5 Å². The normalized spacial score (nSPS) is 20.3. The molecule has 8 heteroatoms. The molecule has 0 saturated carbocycles. The lowest BCUT2D eigenvalue weighted by atomic mass is 9.90. The molecule has 2 saturated heterocycles. The third-order valence-corrected chi connectivity index (χ3v) is 8.72. The number of piperidine rings is 1. The minimum atomic E-state index is -3.70. The van der Waals surface area contributed by atoms with Crippen LogP contribution in [0.25, 0.3) is 0 Å². The fourth-order valence-corrected chi connectivity index (χ4v) is 6.36. The van der Waals surface area contributed by atoms with E-state index in [-0.39, 0.29) is 19.0 Å². The average Bonchev–Trinajstić information content (AvgIpc) is 2.79. The van der Waals surface area contributed by atoms with Crippen molar-refractivity contribution in [3.63, 3.8) is 0 Å². The molecule has 0 aromatic heterocycles. The van der Waals surface area contributed by atoms with Gasteiger partial charge < -0.3 is 4.90 Å². The molecule has 6 nitrogen and oxygen atoms in total. The van der Waals surface area contributed by atoms with Crippen molar-refractivity contribution < 1.29 is 13.2 Å². The Morgan fingerprint density at radius 3 is 2.28 bits per heavy atom. The van der Waals surface area contributed by atoms with E-state index in [1.807, 2.05) is 29.2 Å². The summed E-state index contributed by atoms with van der Waals surface area (Å²) in [6, 6.07) is 17.7. The summed E-state index contributed by atoms with van der Waals surface area (Å²) in [6.07, 6.45) is 3.62. The van der Waals surface area contributed by atoms with Crippen LogP contribution in [0.1, 0.15) is 30.4 Å². The monoisotopic (exact) mass is 475 g/mol. The highest BCUT2D eigenvalue weighted by molar-refractivity contribution is 7.86. The van der Waals surface area contributed by atoms with Crippen molar-refractivity contribution in [2.24, 2.45) is 5.92 Å². The molecule has 32 heavy (non-hydrogen) atoms. The van der Waals surface area contributed by atoms with Crippen molar-refractivity contribution in [3.8, 4) is 0 Å². The number of amides is 1. The van der Waals surface area contributed by atoms with Crippen molar-refractivity contribution in [1.29, 1.82) is 0 Å². The molecule has 0 radical (unpaired) electrons. The Labute approximate surface area is 195 Å². The molecular weight excluding hydrogens is 446 g/mol. The maximum absolute atomic E-state index is 13.1. The molecule has 0 spiro atoms. The van der Waals surface area contributed by atoms with Gasteiger partial charge in [0.2, 0.25) is 5.91 Å². The summed E-state index contributed by atoms with van der Waals surface area (Å²) in [5.41, 5.74) is 2.10. The second-order valence-electron chi connectivity index (χ2n) is 8.63. The summed E-state index contributed by atoms with van der Waals surface area (Å²) in [5.74, 6) is 0.456. The third-order valence-electron chi connectivity index (χ3n) is 6.42. The lowest BCUT2D eigenvalue weighted by Gasteiger charge is -2.37. The first-order valence-corrected chi connectivity index (χ1v) is 13.0. The predicted octanol–water partition coefficient (Wildman–Crippen LogP) is 3.57. The maximum atomic E-state index is 13.1. The van der Waals surface area contributed by atoms with E-state index in [9.17, 15) is 13.2 Å². The van der Waals surface area contributed by atoms with Gasteiger partial charge in [-0.1, -0.05) is 60.1 Å². The Balaban J connectivity index is 1.32. The van der Waals surface area contributed by atoms with Gasteiger partial charge >= 0.3 is 0 Å². The minimum Gasteiger partial charge on any atom is -0.342 e. The Bertz CT molecular complexity index is 1020. The molecule has 2 fully saturated rings. The topological polar surface area (TPSA) is 60.9 Å². The number of halogens is 1. The van der Waals surface area contributed by atoms with Crippen LogP contribution in [-0.2, 0) is 28.0 Å². The Morgan fingerprint density at radius 2 is 1.56 bits per heavy atom. The Hall–Kier alpha value is -1.93. The fraction of sp³-hybridized carbons (Fsp3) is 0.458. The van der Waals surface area contributed by atoms with Gasteiger partial charge in [-0.15, -0.1) is 0 Å². The summed E-state index contributed by atoms with van der Waals surface area (Å²) in [7, 11) is -3.70. The second kappa shape index (κ2) is 10.3. The third kappa shape index (κ3) is 5.52. The molecule has 2 aliphatic heterocycles. The molecule has 0 atom stereocenters. The van der Waals surface area contributed by atoms with Crippen LogP contribution in [0.15, 0.2) is 54.6 Å². The summed E-state index contributed by atoms with van der Waals surface area (Å²) in [5, 5.41) is 0.550. The quantitative estimate of drug-likeness (QED) is 0.641. The van der Waals surface area contributed by atoms with Crippen LogP contribution < -0.4 is 0 Å². The largest absolute Gasteiger partial charge is 0.342 e. The molecular formula is C24H30ClN3O3S. The summed E-state index contributed by atoms with van der Waals surface area (Å²) in [4.78, 5) is 14.7. The zero-order chi connectivity index (χ0) is 22.6. The molecule has 0 bridgehead atoms. The van der Waals surface area contributed by atoms with Gasteiger partial charge in [0.15, 0.2) is 0 Å². The number of benzene rings is 2. The molecule has 172 valence electrons. The molecule has 2 aromatic rings. The van der Waals surface area contributed by atoms with Crippen molar-refractivity contribution in [3.05, 3.63) is 70.7 Å². The fourth-order valence-electron chi connectivity index (χ4n) is 4.54. The van der Waals surface area contributed by atoms with Gasteiger partial charge in [0.25, 0.3) is 10.2 Å². The summed E-state index contributed by atoms with van der Waals surface area (Å²) < 4.78 is 29.0. The Morgan fingerprint density at radius 1 is 0.906 bits per heavy atom. The van der Waals surface area contributed by atoms with Gasteiger partial charge in [-0.25, -0.2) is 0 Å². The van der Waals surface area contributed by atoms with Gasteiger partial charge in [0, 0.05) is 37.7 Å². The van der Waals surface area contributed by atoms with Gasteiger partial charge in [0.1, 0.15) is 0 Å². The van der Waals surface area contributed by atoms with E-state index in [0.717, 1.165) is 24.8 Å². The van der Waals surface area contributed by atoms with Crippen molar-refractivity contribution in [2.75, 3.05) is 32.7 Å². The smallest absolute Gasteiger partial charge is 0.282 e. The van der Waals surface area contributed by atoms with Crippen LogP contribution in [0.4, 0.5) is 0 Å². The first-order chi connectivity index (χ1) is 15.4. The molecule has 2 aromatic carbocycles. The number of hydrogen-bond donors (Lipinski definition) is 0. The minimum absolute atomic E-state index is 0.0926. The van der Waals surface area contributed by atoms with Crippen LogP contribution in [-0.4, -0.2) is 60.6 Å². The lowest BCUT2D eigenvalue weighted by Crippen LogP contribution is -2.53. The molecule has 2 aliphatic rings. The molecule has 2 heterocycles. The van der Waals surface area contributed by atoms with E-state index in [1.165, 1.54) is 14.2 Å². The van der Waals surface area contributed by atoms with E-state index < -0.39 is 10.2 Å². The van der Waals surface area contributed by atoms with E-state index in [2.05, 4.69) is 24.3 Å². The van der Waals surface area contributed by atoms with Crippen LogP contribution in [0.5, 0.6) is 0 Å². The zero-order valence-electron chi connectivity index (χ0n) is 18.2. The highest BCUT2D eigenvalue weighted by Crippen LogP contribution is 2.25. The highest BCUT2D eigenvalue weighted by atomic mass is 35.5. The van der Waals surface area contributed by atoms with E-state index in [0.29, 0.717) is 43.5 Å². The predicted molar refractivity (Wildman–Crippen MR) is 126 cm³/mol. The molecule has 0 unspecified atom stereocenters. The van der Waals surface area contributed by atoms with Crippen LogP contribution >= 0.6 is 11.6 Å². The molecule has 0 aliphatic carbocycles. The zero-order valence-corrected chi connectivity index (χ0v) is 19.8. The molecule has 4 rings (SSSR count). The van der Waals surface area contributed by atoms with Gasteiger partial charge in [0.05, 0.1) is 6.54 Å². The number of rotatable bonds is 6. The second-order valence-corrected chi connectivity index (χ2v) is 11.0. The van der Waals surface area contributed by atoms with Crippen LogP contribution in [0, 0.1) is 5.92 Å². The van der Waals surface area contributed by atoms with E-state index >= 15 is 0 Å². The lowest BCUT2D eigenvalue weighted by molar-refractivity contribution is -0.132. The molecule has 1 amide bonds. The first kappa shape index (κ1) is 23.2. The first-order valence-electron chi connectivity index (χ1n) is 11.2. The van der Waals surface area contributed by atoms with Crippen LogP contribution in [0.3, 0.4) is 0 Å². The highest BCUT2D eigenvalue weighted by Gasteiger charge is 2.36. The van der Waals surface area contributed by atoms with Crippen molar-refractivity contribution in [2.45, 2.75) is 32.2 Å². The van der Waals surface area contributed by atoms with Crippen LogP contribution in [0.2, 0.25) is 5.02 Å². The van der Waals surface area contributed by atoms with Gasteiger partial charge in [-0.2, -0.15) is 17.0 Å². The summed E-state index contributed by atoms with van der Waals surface area (Å²) in [6.45, 7) is 2.31. The number of hydrogen-bond acceptors (Lipinski definition) is 3. The standard InChI is InChI=1S/C24H30ClN3O3S/c25-23-10-5-4-9-22(23)18-27-13-6-14-28(32(27,30)31)19-24(29)26-15-11-21(12-16-26)17-20-7-2-1-3-8-20/h1-5,7-10,21H,6,11-19H2. The molecule has 0 N–H and O–H groups in total. The van der Waals surface area contributed by atoms with E-state index in [1.54, 1.807) is 6.07 Å².